The van der Waals surface area contributed by atoms with E-state index in [1.54, 1.807) is 12.2 Å². The number of nitrogens with two attached hydrogens (primary N) is 1. The first-order chi connectivity index (χ1) is 9.51. The van der Waals surface area contributed by atoms with E-state index in [4.69, 9.17) is 15.6 Å². The largest absolute Gasteiger partial charge is 0.497 e. The first kappa shape index (κ1) is 14.1. The highest BCUT2D eigenvalue weighted by molar-refractivity contribution is 6.02. The predicted molar refractivity (Wildman–Crippen MR) is 73.8 cm³/mol. The molecule has 106 valence electrons. The maximum Gasteiger partial charge on any atom is 0.337 e. The Balaban J connectivity index is 2.21. The average molecular weight is 276 g/mol. The molecule has 1 amide bonds. The average Bonchev–Trinajstić information content (AvgIpc) is 2.85. The predicted octanol–water partition coefficient (Wildman–Crippen LogP) is 1.24. The van der Waals surface area contributed by atoms with Crippen molar-refractivity contribution in [2.75, 3.05) is 12.4 Å². The monoisotopic (exact) mass is 276 g/mol. The third-order valence-electron chi connectivity index (χ3n) is 3.17. The smallest absolute Gasteiger partial charge is 0.337 e. The minimum atomic E-state index is -1.11. The van der Waals surface area contributed by atoms with Crippen molar-refractivity contribution in [1.82, 2.24) is 0 Å². The molecule has 6 heteroatoms. The second-order valence-electron chi connectivity index (χ2n) is 4.60. The van der Waals surface area contributed by atoms with E-state index in [1.807, 2.05) is 0 Å². The van der Waals surface area contributed by atoms with Gasteiger partial charge in [-0.2, -0.15) is 0 Å². The molecule has 2 unspecified atom stereocenters. The van der Waals surface area contributed by atoms with Gasteiger partial charge in [0.2, 0.25) is 5.91 Å². The number of benzene rings is 1. The molecule has 6 nitrogen and oxygen atoms in total. The highest BCUT2D eigenvalue weighted by atomic mass is 16.5. The van der Waals surface area contributed by atoms with Crippen molar-refractivity contribution >= 4 is 17.6 Å². The number of hydrogen-bond acceptors (Lipinski definition) is 4. The minimum absolute atomic E-state index is 0.0189. The second-order valence-corrected chi connectivity index (χ2v) is 4.60. The molecule has 0 heterocycles. The normalized spacial score (nSPS) is 20.7. The van der Waals surface area contributed by atoms with E-state index in [2.05, 4.69) is 5.32 Å². The van der Waals surface area contributed by atoms with Crippen molar-refractivity contribution in [3.8, 4) is 5.75 Å². The maximum atomic E-state index is 12.1. The lowest BCUT2D eigenvalue weighted by Crippen LogP contribution is -2.24. The second kappa shape index (κ2) is 5.75. The van der Waals surface area contributed by atoms with Crippen LogP contribution in [-0.2, 0) is 4.79 Å². The van der Waals surface area contributed by atoms with Gasteiger partial charge in [-0.3, -0.25) is 4.79 Å². The number of amides is 1. The van der Waals surface area contributed by atoms with Crippen LogP contribution < -0.4 is 15.8 Å². The third-order valence-corrected chi connectivity index (χ3v) is 3.17. The van der Waals surface area contributed by atoms with Gasteiger partial charge >= 0.3 is 5.97 Å². The fourth-order valence-electron chi connectivity index (χ4n) is 2.09. The highest BCUT2D eigenvalue weighted by Crippen LogP contribution is 2.25. The van der Waals surface area contributed by atoms with Crippen molar-refractivity contribution in [2.24, 2.45) is 11.7 Å². The summed E-state index contributed by atoms with van der Waals surface area (Å²) in [7, 11) is 1.47. The molecule has 1 aliphatic rings. The van der Waals surface area contributed by atoms with Crippen LogP contribution in [0.1, 0.15) is 16.8 Å². The molecule has 0 aliphatic heterocycles. The Bertz CT molecular complexity index is 568. The number of anilines is 1. The zero-order valence-electron chi connectivity index (χ0n) is 11.0. The quantitative estimate of drug-likeness (QED) is 0.718. The summed E-state index contributed by atoms with van der Waals surface area (Å²) >= 11 is 0. The van der Waals surface area contributed by atoms with Crippen LogP contribution in [-0.4, -0.2) is 30.1 Å². The first-order valence-corrected chi connectivity index (χ1v) is 6.17. The number of rotatable bonds is 4. The number of carbonyl (C=O) groups excluding carboxylic acids is 1. The van der Waals surface area contributed by atoms with Gasteiger partial charge in [0.15, 0.2) is 0 Å². The maximum absolute atomic E-state index is 12.1. The van der Waals surface area contributed by atoms with E-state index in [0.717, 1.165) is 0 Å². The molecule has 0 spiro atoms. The number of hydrogen-bond donors (Lipinski definition) is 3. The standard InChI is InChI=1S/C14H16N2O4/c1-20-10-4-5-11(14(18)19)12(7-10)16-13(17)8-2-3-9(15)6-8/h2-5,7-9H,6,15H2,1H3,(H,16,17)(H,18,19). The van der Waals surface area contributed by atoms with E-state index >= 15 is 0 Å². The fraction of sp³-hybridized carbons (Fsp3) is 0.286. The number of carboxylic acids is 1. The van der Waals surface area contributed by atoms with E-state index in [0.29, 0.717) is 12.2 Å². The van der Waals surface area contributed by atoms with Gasteiger partial charge in [0.25, 0.3) is 0 Å². The highest BCUT2D eigenvalue weighted by Gasteiger charge is 2.24. The lowest BCUT2D eigenvalue weighted by molar-refractivity contribution is -0.118. The van der Waals surface area contributed by atoms with Crippen LogP contribution in [0.2, 0.25) is 0 Å². The van der Waals surface area contributed by atoms with Crippen LogP contribution in [0, 0.1) is 5.92 Å². The van der Waals surface area contributed by atoms with Gasteiger partial charge in [-0.15, -0.1) is 0 Å². The van der Waals surface area contributed by atoms with Gasteiger partial charge in [0.05, 0.1) is 24.3 Å². The molecule has 2 rings (SSSR count). The Morgan fingerprint density at radius 3 is 2.70 bits per heavy atom. The van der Waals surface area contributed by atoms with Crippen molar-refractivity contribution < 1.29 is 19.4 Å². The Labute approximate surface area is 116 Å². The molecule has 2 atom stereocenters. The van der Waals surface area contributed by atoms with E-state index in [1.165, 1.54) is 25.3 Å². The molecule has 0 aromatic heterocycles. The SMILES string of the molecule is COc1ccc(C(=O)O)c(NC(=O)C2C=CC(N)C2)c1. The molecule has 0 saturated carbocycles. The first-order valence-electron chi connectivity index (χ1n) is 6.17. The van der Waals surface area contributed by atoms with Crippen LogP contribution >= 0.6 is 0 Å². The van der Waals surface area contributed by atoms with E-state index in [-0.39, 0.29) is 29.1 Å². The van der Waals surface area contributed by atoms with E-state index in [9.17, 15) is 9.59 Å². The number of aromatic carboxylic acids is 1. The molecule has 0 fully saturated rings. The van der Waals surface area contributed by atoms with Crippen molar-refractivity contribution in [3.05, 3.63) is 35.9 Å². The Morgan fingerprint density at radius 2 is 2.15 bits per heavy atom. The van der Waals surface area contributed by atoms with E-state index < -0.39 is 5.97 Å². The molecule has 4 N–H and O–H groups in total. The minimum Gasteiger partial charge on any atom is -0.497 e. The van der Waals surface area contributed by atoms with Crippen LogP contribution in [0.3, 0.4) is 0 Å². The van der Waals surface area contributed by atoms with Gasteiger partial charge < -0.3 is 20.9 Å². The summed E-state index contributed by atoms with van der Waals surface area (Å²) in [5.41, 5.74) is 5.94. The molecular weight excluding hydrogens is 260 g/mol. The summed E-state index contributed by atoms with van der Waals surface area (Å²) in [4.78, 5) is 23.2. The zero-order chi connectivity index (χ0) is 14.7. The number of ether oxygens (including phenoxy) is 1. The van der Waals surface area contributed by atoms with Crippen molar-refractivity contribution in [2.45, 2.75) is 12.5 Å². The molecule has 1 aromatic carbocycles. The van der Waals surface area contributed by atoms with Crippen LogP contribution in [0.5, 0.6) is 5.75 Å². The molecule has 0 bridgehead atoms. The van der Waals surface area contributed by atoms with Crippen LogP contribution in [0.4, 0.5) is 5.69 Å². The third kappa shape index (κ3) is 2.97. The van der Waals surface area contributed by atoms with Crippen molar-refractivity contribution in [3.63, 3.8) is 0 Å². The van der Waals surface area contributed by atoms with Gasteiger partial charge in [0.1, 0.15) is 5.75 Å². The summed E-state index contributed by atoms with van der Waals surface area (Å²) in [6.07, 6.45) is 4.03. The number of methoxy groups -OCH3 is 1. The summed E-state index contributed by atoms with van der Waals surface area (Å²) in [6.45, 7) is 0. The summed E-state index contributed by atoms with van der Waals surface area (Å²) in [6, 6.07) is 4.28. The molecule has 1 aromatic rings. The Morgan fingerprint density at radius 1 is 1.40 bits per heavy atom. The lowest BCUT2D eigenvalue weighted by atomic mass is 10.1. The summed E-state index contributed by atoms with van der Waals surface area (Å²) < 4.78 is 5.04. The molecule has 1 aliphatic carbocycles. The zero-order valence-corrected chi connectivity index (χ0v) is 11.0. The van der Waals surface area contributed by atoms with Crippen molar-refractivity contribution in [1.29, 1.82) is 0 Å². The number of nitrogens with one attached hydrogen (secondary N) is 1. The van der Waals surface area contributed by atoms with Gasteiger partial charge in [-0.25, -0.2) is 4.79 Å². The summed E-state index contributed by atoms with van der Waals surface area (Å²) in [5, 5.41) is 11.7. The van der Waals surface area contributed by atoms with Gasteiger partial charge in [0, 0.05) is 12.1 Å². The lowest BCUT2D eigenvalue weighted by Gasteiger charge is -2.13. The summed E-state index contributed by atoms with van der Waals surface area (Å²) in [5.74, 6) is -1.24. The molecule has 0 radical (unpaired) electrons. The van der Waals surface area contributed by atoms with Crippen LogP contribution in [0.15, 0.2) is 30.4 Å². The number of carboxylic acid groups (broad SMARTS) is 1. The molecule has 20 heavy (non-hydrogen) atoms. The van der Waals surface area contributed by atoms with Gasteiger partial charge in [-0.1, -0.05) is 12.2 Å². The molecule has 0 saturated heterocycles. The van der Waals surface area contributed by atoms with Crippen LogP contribution in [0.25, 0.3) is 0 Å². The molecular formula is C14H16N2O4. The topological polar surface area (TPSA) is 102 Å². The van der Waals surface area contributed by atoms with Gasteiger partial charge in [-0.05, 0) is 18.6 Å². The Hall–Kier alpha value is -2.34. The Kier molecular flexibility index (Phi) is 4.05. The number of carbonyl (C=O) groups is 2. The fourth-order valence-corrected chi connectivity index (χ4v) is 2.09.